The van der Waals surface area contributed by atoms with E-state index in [0.29, 0.717) is 24.9 Å². The zero-order valence-corrected chi connectivity index (χ0v) is 22.7. The lowest BCUT2D eigenvalue weighted by molar-refractivity contribution is -0.162. The second-order valence-electron chi connectivity index (χ2n) is 10.9. The molecule has 9 nitrogen and oxygen atoms in total. The number of aromatic amines is 1. The third-order valence-corrected chi connectivity index (χ3v) is 7.89. The Kier molecular flexibility index (Phi) is 7.11. The van der Waals surface area contributed by atoms with Crippen LogP contribution in [0.25, 0.3) is 22.2 Å². The number of piperazine rings is 1. The van der Waals surface area contributed by atoms with Gasteiger partial charge in [0.1, 0.15) is 12.2 Å². The summed E-state index contributed by atoms with van der Waals surface area (Å²) in [5.41, 5.74) is 4.16. The minimum Gasteiger partial charge on any atom is -0.340 e. The first-order valence-electron chi connectivity index (χ1n) is 13.7. The molecule has 0 bridgehead atoms. The minimum atomic E-state index is -4.51. The van der Waals surface area contributed by atoms with Gasteiger partial charge in [0.15, 0.2) is 0 Å². The maximum absolute atomic E-state index is 13.3. The molecule has 1 aliphatic heterocycles. The Hall–Kier alpha value is -4.07. The number of amides is 1. The second kappa shape index (κ2) is 10.6. The Morgan fingerprint density at radius 2 is 1.90 bits per heavy atom. The maximum atomic E-state index is 13.3. The zero-order valence-electron chi connectivity index (χ0n) is 22.7. The molecule has 0 radical (unpaired) electrons. The molecule has 1 saturated carbocycles. The summed E-state index contributed by atoms with van der Waals surface area (Å²) in [6.07, 6.45) is -0.931. The molecule has 4 aromatic rings. The number of nitrogens with one attached hydrogen (secondary N) is 2. The lowest BCUT2D eigenvalue weighted by Gasteiger charge is -2.38. The molecule has 2 aliphatic rings. The Balaban J connectivity index is 1.09. The summed E-state index contributed by atoms with van der Waals surface area (Å²) in [6, 6.07) is 9.42. The van der Waals surface area contributed by atoms with Crippen LogP contribution in [0.15, 0.2) is 48.9 Å². The summed E-state index contributed by atoms with van der Waals surface area (Å²) in [5, 5.41) is 7.43. The molecule has 1 saturated heterocycles. The van der Waals surface area contributed by atoms with E-state index in [2.05, 4.69) is 30.3 Å². The number of aromatic nitrogens is 5. The van der Waals surface area contributed by atoms with Crippen molar-refractivity contribution in [3.63, 3.8) is 0 Å². The largest absolute Gasteiger partial charge is 0.397 e. The first-order chi connectivity index (χ1) is 19.9. The highest BCUT2D eigenvalue weighted by molar-refractivity contribution is 5.83. The Morgan fingerprint density at radius 3 is 2.62 bits per heavy atom. The van der Waals surface area contributed by atoms with Crippen molar-refractivity contribution in [3.8, 4) is 11.1 Å². The number of carbonyl (C=O) groups excluding carboxylic acids is 1. The van der Waals surface area contributed by atoms with Crippen molar-refractivity contribution in [1.29, 1.82) is 0 Å². The molecule has 2 fully saturated rings. The average Bonchev–Trinajstić information content (AvgIpc) is 3.27. The van der Waals surface area contributed by atoms with E-state index < -0.39 is 30.3 Å². The summed E-state index contributed by atoms with van der Waals surface area (Å²) in [7, 11) is 0. The minimum absolute atomic E-state index is 0.0429. The molecule has 14 heteroatoms. The van der Waals surface area contributed by atoms with Crippen LogP contribution in [0.1, 0.15) is 31.4 Å². The number of halogens is 5. The van der Waals surface area contributed by atoms with E-state index in [-0.39, 0.29) is 32.1 Å². The van der Waals surface area contributed by atoms with Crippen LogP contribution in [0.2, 0.25) is 0 Å². The van der Waals surface area contributed by atoms with Crippen molar-refractivity contribution in [3.05, 3.63) is 54.5 Å². The van der Waals surface area contributed by atoms with Gasteiger partial charge < -0.3 is 15.2 Å². The SMILES string of the molecule is CC(c1ccnc(Nc2nc3ccc(-c4cnn(C[C@H]5CC5(F)F)c4)cc3[nH]2)c1)N1CCN(C(=O)CC(F)(F)F)CC1. The monoisotopic (exact) mass is 588 g/mol. The van der Waals surface area contributed by atoms with Crippen LogP contribution in [-0.4, -0.2) is 78.7 Å². The van der Waals surface area contributed by atoms with E-state index in [9.17, 15) is 26.7 Å². The number of benzene rings is 1. The molecule has 1 amide bonds. The standard InChI is InChI=1S/C28H29F5N8O/c1-17(39-6-8-40(9-7-39)25(42)13-28(31,32)33)18-4-5-34-24(11-18)38-26-36-22-3-2-19(10-23(22)37-26)20-14-35-41(15-20)16-21-12-27(21,29)30/h2-5,10-11,14-15,17,21H,6-9,12-13,16H2,1H3,(H2,34,36,37,38)/t17?,21-/m1/s1. The third kappa shape index (κ3) is 6.22. The van der Waals surface area contributed by atoms with Crippen molar-refractivity contribution < 1.29 is 26.7 Å². The number of alkyl halides is 5. The number of pyridine rings is 1. The smallest absolute Gasteiger partial charge is 0.340 e. The van der Waals surface area contributed by atoms with Gasteiger partial charge in [0.2, 0.25) is 11.9 Å². The number of anilines is 2. The number of imidazole rings is 1. The van der Waals surface area contributed by atoms with Crippen molar-refractivity contribution >= 4 is 28.7 Å². The molecule has 2 atom stereocenters. The predicted molar refractivity (Wildman–Crippen MR) is 145 cm³/mol. The molecule has 3 aromatic heterocycles. The Labute approximate surface area is 237 Å². The Bertz CT molecular complexity index is 1590. The van der Waals surface area contributed by atoms with Crippen LogP contribution in [0.4, 0.5) is 33.7 Å². The normalized spacial score (nSPS) is 19.7. The first kappa shape index (κ1) is 28.1. The van der Waals surface area contributed by atoms with E-state index in [4.69, 9.17) is 0 Å². The fourth-order valence-corrected chi connectivity index (χ4v) is 5.30. The van der Waals surface area contributed by atoms with Crippen LogP contribution in [-0.2, 0) is 11.3 Å². The number of fused-ring (bicyclic) bond motifs is 1. The van der Waals surface area contributed by atoms with Crippen molar-refractivity contribution in [2.75, 3.05) is 31.5 Å². The summed E-state index contributed by atoms with van der Waals surface area (Å²) in [4.78, 5) is 27.5. The van der Waals surface area contributed by atoms with Crippen LogP contribution in [0.5, 0.6) is 0 Å². The van der Waals surface area contributed by atoms with E-state index in [0.717, 1.165) is 27.7 Å². The van der Waals surface area contributed by atoms with Gasteiger partial charge in [-0.15, -0.1) is 0 Å². The summed E-state index contributed by atoms with van der Waals surface area (Å²) in [5.74, 6) is -3.08. The number of hydrogen-bond donors (Lipinski definition) is 2. The number of hydrogen-bond acceptors (Lipinski definition) is 6. The van der Waals surface area contributed by atoms with Crippen LogP contribution < -0.4 is 5.32 Å². The van der Waals surface area contributed by atoms with E-state index in [1.165, 1.54) is 4.90 Å². The lowest BCUT2D eigenvalue weighted by Crippen LogP contribution is -2.50. The predicted octanol–water partition coefficient (Wildman–Crippen LogP) is 5.38. The number of rotatable bonds is 8. The van der Waals surface area contributed by atoms with Crippen molar-refractivity contribution in [2.45, 2.75) is 44.5 Å². The van der Waals surface area contributed by atoms with Gasteiger partial charge in [0, 0.05) is 69.1 Å². The van der Waals surface area contributed by atoms with Gasteiger partial charge in [-0.3, -0.25) is 14.4 Å². The van der Waals surface area contributed by atoms with Gasteiger partial charge in [-0.1, -0.05) is 6.07 Å². The van der Waals surface area contributed by atoms with Gasteiger partial charge in [-0.05, 0) is 42.3 Å². The van der Waals surface area contributed by atoms with E-state index in [1.807, 2.05) is 37.3 Å². The fraction of sp³-hybridized carbons (Fsp3) is 0.429. The van der Waals surface area contributed by atoms with Crippen LogP contribution in [0.3, 0.4) is 0 Å². The second-order valence-corrected chi connectivity index (χ2v) is 10.9. The van der Waals surface area contributed by atoms with Gasteiger partial charge in [-0.2, -0.15) is 18.3 Å². The molecule has 42 heavy (non-hydrogen) atoms. The molecule has 222 valence electrons. The molecule has 2 N–H and O–H groups in total. The summed E-state index contributed by atoms with van der Waals surface area (Å²) < 4.78 is 65.8. The zero-order chi connectivity index (χ0) is 29.6. The highest BCUT2D eigenvalue weighted by Crippen LogP contribution is 2.49. The molecule has 1 aromatic carbocycles. The lowest BCUT2D eigenvalue weighted by atomic mass is 10.1. The quantitative estimate of drug-likeness (QED) is 0.269. The highest BCUT2D eigenvalue weighted by atomic mass is 19.4. The topological polar surface area (TPSA) is 95.0 Å². The van der Waals surface area contributed by atoms with Gasteiger partial charge >= 0.3 is 6.18 Å². The summed E-state index contributed by atoms with van der Waals surface area (Å²) in [6.45, 7) is 3.62. The van der Waals surface area contributed by atoms with E-state index in [1.54, 1.807) is 23.3 Å². The van der Waals surface area contributed by atoms with Crippen LogP contribution >= 0.6 is 0 Å². The van der Waals surface area contributed by atoms with Gasteiger partial charge in [-0.25, -0.2) is 18.7 Å². The molecular weight excluding hydrogens is 559 g/mol. The van der Waals surface area contributed by atoms with Crippen molar-refractivity contribution in [2.24, 2.45) is 5.92 Å². The number of carbonyl (C=O) groups is 1. The highest BCUT2D eigenvalue weighted by Gasteiger charge is 2.56. The van der Waals surface area contributed by atoms with Crippen LogP contribution in [0, 0.1) is 5.92 Å². The van der Waals surface area contributed by atoms with E-state index >= 15 is 0 Å². The molecule has 1 unspecified atom stereocenters. The summed E-state index contributed by atoms with van der Waals surface area (Å²) >= 11 is 0. The maximum Gasteiger partial charge on any atom is 0.397 e. The van der Waals surface area contributed by atoms with Gasteiger partial charge in [0.25, 0.3) is 5.92 Å². The molecule has 1 aliphatic carbocycles. The molecule has 4 heterocycles. The molecule has 6 rings (SSSR count). The molecule has 0 spiro atoms. The first-order valence-corrected chi connectivity index (χ1v) is 13.7. The molecular formula is C28H29F5N8O. The number of nitrogens with zero attached hydrogens (tertiary/aromatic N) is 6. The third-order valence-electron chi connectivity index (χ3n) is 7.89. The fourth-order valence-electron chi connectivity index (χ4n) is 5.30. The number of H-pyrrole nitrogens is 1. The van der Waals surface area contributed by atoms with Gasteiger partial charge in [0.05, 0.1) is 17.2 Å². The van der Waals surface area contributed by atoms with Crippen molar-refractivity contribution in [1.82, 2.24) is 34.5 Å². The average molecular weight is 589 g/mol. The Morgan fingerprint density at radius 1 is 1.14 bits per heavy atom.